The lowest BCUT2D eigenvalue weighted by Crippen LogP contribution is -2.45. The Morgan fingerprint density at radius 3 is 2.28 bits per heavy atom. The standard InChI is InChI=1S/C16H23NO/c1-4-15(18)16(9-11-17(3)12-10-16)14-7-5-13(2)6-8-14/h5-8H,4,9-12H2,1-3H3. The quantitative estimate of drug-likeness (QED) is 0.816. The molecule has 1 aliphatic rings. The van der Waals surface area contributed by atoms with E-state index in [0.29, 0.717) is 12.2 Å². The summed E-state index contributed by atoms with van der Waals surface area (Å²) in [6.45, 7) is 6.10. The second-order valence-electron chi connectivity index (χ2n) is 5.53. The smallest absolute Gasteiger partial charge is 0.143 e. The number of nitrogens with zero attached hydrogens (tertiary/aromatic N) is 1. The molecule has 1 aromatic rings. The van der Waals surface area contributed by atoms with Crippen LogP contribution in [0.25, 0.3) is 0 Å². The zero-order chi connectivity index (χ0) is 13.2. The molecule has 2 nitrogen and oxygen atoms in total. The molecule has 98 valence electrons. The van der Waals surface area contributed by atoms with E-state index >= 15 is 0 Å². The molecule has 1 aliphatic heterocycles. The number of rotatable bonds is 3. The molecule has 0 N–H and O–H groups in total. The molecule has 18 heavy (non-hydrogen) atoms. The van der Waals surface area contributed by atoms with Gasteiger partial charge in [0.1, 0.15) is 5.78 Å². The number of aryl methyl sites for hydroxylation is 1. The number of ketones is 1. The number of carbonyl (C=O) groups excluding carboxylic acids is 1. The maximum absolute atomic E-state index is 12.5. The molecule has 1 heterocycles. The van der Waals surface area contributed by atoms with Gasteiger partial charge in [0, 0.05) is 6.42 Å². The van der Waals surface area contributed by atoms with E-state index in [9.17, 15) is 4.79 Å². The summed E-state index contributed by atoms with van der Waals surface area (Å²) in [5.41, 5.74) is 2.24. The van der Waals surface area contributed by atoms with E-state index in [1.54, 1.807) is 0 Å². The number of hydrogen-bond donors (Lipinski definition) is 0. The Balaban J connectivity index is 2.36. The molecule has 0 aromatic heterocycles. The van der Waals surface area contributed by atoms with Crippen molar-refractivity contribution < 1.29 is 4.79 Å². The summed E-state index contributed by atoms with van der Waals surface area (Å²) in [7, 11) is 2.13. The van der Waals surface area contributed by atoms with Crippen molar-refractivity contribution in [1.82, 2.24) is 4.90 Å². The van der Waals surface area contributed by atoms with Crippen LogP contribution in [0.4, 0.5) is 0 Å². The summed E-state index contributed by atoms with van der Waals surface area (Å²) in [4.78, 5) is 14.8. The molecule has 0 bridgehead atoms. The Bertz CT molecular complexity index is 413. The van der Waals surface area contributed by atoms with Gasteiger partial charge in [-0.2, -0.15) is 0 Å². The molecule has 0 saturated carbocycles. The summed E-state index contributed by atoms with van der Waals surface area (Å²) in [5.74, 6) is 0.402. The van der Waals surface area contributed by atoms with E-state index in [-0.39, 0.29) is 5.41 Å². The van der Waals surface area contributed by atoms with Crippen molar-refractivity contribution in [3.8, 4) is 0 Å². The number of Topliss-reactive ketones (excluding diaryl/α,β-unsaturated/α-hetero) is 1. The lowest BCUT2D eigenvalue weighted by Gasteiger charge is -2.40. The molecule has 2 heteroatoms. The van der Waals surface area contributed by atoms with Gasteiger partial charge in [0.2, 0.25) is 0 Å². The SMILES string of the molecule is CCC(=O)C1(c2ccc(C)cc2)CCN(C)CC1. The van der Waals surface area contributed by atoms with E-state index in [1.165, 1.54) is 11.1 Å². The highest BCUT2D eigenvalue weighted by Crippen LogP contribution is 2.37. The van der Waals surface area contributed by atoms with Gasteiger partial charge in [-0.3, -0.25) is 4.79 Å². The molecule has 0 unspecified atom stereocenters. The third-order valence-electron chi connectivity index (χ3n) is 4.30. The van der Waals surface area contributed by atoms with Gasteiger partial charge < -0.3 is 4.90 Å². The van der Waals surface area contributed by atoms with Crippen LogP contribution in [0.1, 0.15) is 37.3 Å². The first-order valence-corrected chi connectivity index (χ1v) is 6.87. The van der Waals surface area contributed by atoms with Crippen molar-refractivity contribution >= 4 is 5.78 Å². The van der Waals surface area contributed by atoms with Gasteiger partial charge in [0.15, 0.2) is 0 Å². The van der Waals surface area contributed by atoms with Crippen molar-refractivity contribution in [1.29, 1.82) is 0 Å². The molecule has 0 spiro atoms. The topological polar surface area (TPSA) is 20.3 Å². The second-order valence-corrected chi connectivity index (χ2v) is 5.53. The fourth-order valence-electron chi connectivity index (χ4n) is 2.94. The summed E-state index contributed by atoms with van der Waals surface area (Å²) < 4.78 is 0. The predicted octanol–water partition coefficient (Wildman–Crippen LogP) is 2.94. The number of likely N-dealkylation sites (tertiary alicyclic amines) is 1. The largest absolute Gasteiger partial charge is 0.306 e. The third kappa shape index (κ3) is 2.35. The molecule has 0 amide bonds. The van der Waals surface area contributed by atoms with Crippen LogP contribution in [0, 0.1) is 6.92 Å². The Morgan fingerprint density at radius 2 is 1.78 bits per heavy atom. The monoisotopic (exact) mass is 245 g/mol. The molecule has 1 fully saturated rings. The summed E-state index contributed by atoms with van der Waals surface area (Å²) >= 11 is 0. The first-order valence-electron chi connectivity index (χ1n) is 6.87. The van der Waals surface area contributed by atoms with Gasteiger partial charge in [0.25, 0.3) is 0 Å². The predicted molar refractivity (Wildman–Crippen MR) is 74.9 cm³/mol. The van der Waals surface area contributed by atoms with E-state index in [0.717, 1.165) is 25.9 Å². The van der Waals surface area contributed by atoms with Gasteiger partial charge in [-0.15, -0.1) is 0 Å². The van der Waals surface area contributed by atoms with E-state index < -0.39 is 0 Å². The fraction of sp³-hybridized carbons (Fsp3) is 0.562. The Hall–Kier alpha value is -1.15. The highest BCUT2D eigenvalue weighted by atomic mass is 16.1. The van der Waals surface area contributed by atoms with Crippen LogP contribution in [0.15, 0.2) is 24.3 Å². The maximum Gasteiger partial charge on any atom is 0.143 e. The van der Waals surface area contributed by atoms with Crippen molar-refractivity contribution in [3.63, 3.8) is 0 Å². The Labute approximate surface area is 110 Å². The first kappa shape index (κ1) is 13.3. The zero-order valence-electron chi connectivity index (χ0n) is 11.7. The number of hydrogen-bond acceptors (Lipinski definition) is 2. The Morgan fingerprint density at radius 1 is 1.22 bits per heavy atom. The van der Waals surface area contributed by atoms with Crippen molar-refractivity contribution in [2.24, 2.45) is 0 Å². The molecule has 0 atom stereocenters. The highest BCUT2D eigenvalue weighted by Gasteiger charge is 2.40. The van der Waals surface area contributed by atoms with Crippen LogP contribution in [0.5, 0.6) is 0 Å². The van der Waals surface area contributed by atoms with Crippen LogP contribution >= 0.6 is 0 Å². The minimum atomic E-state index is -0.227. The number of benzene rings is 1. The first-order chi connectivity index (χ1) is 8.58. The molecule has 1 saturated heterocycles. The number of carbonyl (C=O) groups is 1. The molecule has 0 radical (unpaired) electrons. The van der Waals surface area contributed by atoms with E-state index in [2.05, 4.69) is 43.1 Å². The lowest BCUT2D eigenvalue weighted by molar-refractivity contribution is -0.126. The van der Waals surface area contributed by atoms with Crippen LogP contribution in [0.2, 0.25) is 0 Å². The van der Waals surface area contributed by atoms with E-state index in [1.807, 2.05) is 6.92 Å². The Kier molecular flexibility index (Phi) is 3.86. The normalized spacial score (nSPS) is 19.7. The average Bonchev–Trinajstić information content (AvgIpc) is 2.40. The summed E-state index contributed by atoms with van der Waals surface area (Å²) in [6.07, 6.45) is 2.55. The van der Waals surface area contributed by atoms with Crippen molar-refractivity contribution in [2.75, 3.05) is 20.1 Å². The van der Waals surface area contributed by atoms with Crippen LogP contribution < -0.4 is 0 Å². The molecule has 1 aromatic carbocycles. The van der Waals surface area contributed by atoms with Crippen LogP contribution in [-0.4, -0.2) is 30.8 Å². The van der Waals surface area contributed by atoms with Gasteiger partial charge in [-0.1, -0.05) is 36.8 Å². The second kappa shape index (κ2) is 5.23. The van der Waals surface area contributed by atoms with Crippen LogP contribution in [0.3, 0.4) is 0 Å². The van der Waals surface area contributed by atoms with Gasteiger partial charge in [0.05, 0.1) is 5.41 Å². The maximum atomic E-state index is 12.5. The lowest BCUT2D eigenvalue weighted by atomic mass is 9.69. The van der Waals surface area contributed by atoms with Gasteiger partial charge in [-0.25, -0.2) is 0 Å². The molecular weight excluding hydrogens is 222 g/mol. The van der Waals surface area contributed by atoms with Crippen molar-refractivity contribution in [2.45, 2.75) is 38.5 Å². The van der Waals surface area contributed by atoms with Gasteiger partial charge in [-0.05, 0) is 45.5 Å². The molecular formula is C16H23NO. The minimum absolute atomic E-state index is 0.227. The van der Waals surface area contributed by atoms with E-state index in [4.69, 9.17) is 0 Å². The third-order valence-corrected chi connectivity index (χ3v) is 4.30. The fourth-order valence-corrected chi connectivity index (χ4v) is 2.94. The van der Waals surface area contributed by atoms with Gasteiger partial charge >= 0.3 is 0 Å². The molecule has 0 aliphatic carbocycles. The van der Waals surface area contributed by atoms with Crippen LogP contribution in [-0.2, 0) is 10.2 Å². The summed E-state index contributed by atoms with van der Waals surface area (Å²) in [6, 6.07) is 8.54. The number of piperidine rings is 1. The minimum Gasteiger partial charge on any atom is -0.306 e. The van der Waals surface area contributed by atoms with Crippen molar-refractivity contribution in [3.05, 3.63) is 35.4 Å². The molecule has 2 rings (SSSR count). The summed E-state index contributed by atoms with van der Waals surface area (Å²) in [5, 5.41) is 0. The highest BCUT2D eigenvalue weighted by molar-refractivity contribution is 5.90. The average molecular weight is 245 g/mol. The zero-order valence-corrected chi connectivity index (χ0v) is 11.7.